The predicted molar refractivity (Wildman–Crippen MR) is 91.1 cm³/mol. The molecule has 7 heteroatoms. The van der Waals surface area contributed by atoms with E-state index in [0.29, 0.717) is 17.8 Å². The maximum absolute atomic E-state index is 12.0. The number of hydrogen-bond donors (Lipinski definition) is 0. The van der Waals surface area contributed by atoms with Crippen molar-refractivity contribution < 1.29 is 0 Å². The largest absolute Gasteiger partial charge is 0.296 e. The van der Waals surface area contributed by atoms with Crippen molar-refractivity contribution in [2.24, 2.45) is 5.92 Å². The zero-order valence-corrected chi connectivity index (χ0v) is 14.4. The van der Waals surface area contributed by atoms with E-state index in [1.54, 1.807) is 22.1 Å². The molecule has 24 heavy (non-hydrogen) atoms. The summed E-state index contributed by atoms with van der Waals surface area (Å²) in [6, 6.07) is 3.58. The Kier molecular flexibility index (Phi) is 3.52. The third kappa shape index (κ3) is 3.02. The fourth-order valence-corrected chi connectivity index (χ4v) is 4.43. The first-order chi connectivity index (χ1) is 11.7. The minimum absolute atomic E-state index is 0.0241. The van der Waals surface area contributed by atoms with Crippen molar-refractivity contribution in [2.75, 3.05) is 13.1 Å². The highest BCUT2D eigenvalue weighted by atomic mass is 32.1. The molecule has 3 heterocycles. The molecule has 5 rings (SSSR count). The van der Waals surface area contributed by atoms with Gasteiger partial charge < -0.3 is 0 Å². The van der Waals surface area contributed by atoms with E-state index in [0.717, 1.165) is 36.9 Å². The molecule has 2 aromatic heterocycles. The summed E-state index contributed by atoms with van der Waals surface area (Å²) in [5, 5.41) is 15.5. The van der Waals surface area contributed by atoms with Gasteiger partial charge in [-0.1, -0.05) is 11.3 Å². The van der Waals surface area contributed by atoms with Crippen molar-refractivity contribution in [3.8, 4) is 0 Å². The second-order valence-electron chi connectivity index (χ2n) is 7.42. The highest BCUT2D eigenvalue weighted by Crippen LogP contribution is 2.41. The average molecular weight is 343 g/mol. The molecular formula is C17H21N5OS. The minimum Gasteiger partial charge on any atom is -0.296 e. The Morgan fingerprint density at radius 1 is 1.08 bits per heavy atom. The average Bonchev–Trinajstić information content (AvgIpc) is 3.46. The first-order valence-electron chi connectivity index (χ1n) is 8.87. The van der Waals surface area contributed by atoms with E-state index in [4.69, 9.17) is 0 Å². The molecule has 0 atom stereocenters. The van der Waals surface area contributed by atoms with Crippen LogP contribution in [0.1, 0.15) is 53.2 Å². The molecule has 126 valence electrons. The Labute approximate surface area is 144 Å². The molecule has 2 aliphatic carbocycles. The van der Waals surface area contributed by atoms with E-state index in [2.05, 4.69) is 20.2 Å². The topological polar surface area (TPSA) is 63.9 Å². The smallest absolute Gasteiger partial charge is 0.266 e. The summed E-state index contributed by atoms with van der Waals surface area (Å²) in [5.74, 6) is 1.80. The van der Waals surface area contributed by atoms with Crippen LogP contribution in [0.2, 0.25) is 0 Å². The molecular weight excluding hydrogens is 322 g/mol. The summed E-state index contributed by atoms with van der Waals surface area (Å²) in [6.07, 6.45) is 4.99. The van der Waals surface area contributed by atoms with Crippen LogP contribution in [-0.2, 0) is 13.1 Å². The molecule has 3 fully saturated rings. The Morgan fingerprint density at radius 2 is 1.88 bits per heavy atom. The van der Waals surface area contributed by atoms with Crippen LogP contribution in [0.25, 0.3) is 0 Å². The lowest BCUT2D eigenvalue weighted by Gasteiger charge is -2.38. The van der Waals surface area contributed by atoms with Gasteiger partial charge in [0, 0.05) is 36.9 Å². The number of hydrogen-bond acceptors (Lipinski definition) is 6. The van der Waals surface area contributed by atoms with Gasteiger partial charge in [-0.25, -0.2) is 4.68 Å². The van der Waals surface area contributed by atoms with E-state index in [1.165, 1.54) is 30.7 Å². The van der Waals surface area contributed by atoms with Gasteiger partial charge in [0.25, 0.3) is 5.56 Å². The first-order valence-corrected chi connectivity index (χ1v) is 9.69. The van der Waals surface area contributed by atoms with Gasteiger partial charge in [0.2, 0.25) is 0 Å². The van der Waals surface area contributed by atoms with Crippen molar-refractivity contribution in [3.63, 3.8) is 0 Å². The minimum atomic E-state index is 0.0241. The SMILES string of the molecule is O=c1ccc(C2CC2)nn1CC1CN(Cc2nnc(C3CC3)s2)C1. The molecule has 0 unspecified atom stereocenters. The molecule has 0 aromatic carbocycles. The van der Waals surface area contributed by atoms with Gasteiger partial charge >= 0.3 is 0 Å². The van der Waals surface area contributed by atoms with Crippen LogP contribution in [0.5, 0.6) is 0 Å². The zero-order valence-electron chi connectivity index (χ0n) is 13.6. The van der Waals surface area contributed by atoms with Crippen molar-refractivity contribution in [3.05, 3.63) is 38.2 Å². The summed E-state index contributed by atoms with van der Waals surface area (Å²) < 4.78 is 1.67. The summed E-state index contributed by atoms with van der Waals surface area (Å²) in [5.41, 5.74) is 1.11. The molecule has 3 aliphatic rings. The lowest BCUT2D eigenvalue weighted by atomic mass is 10.0. The number of likely N-dealkylation sites (tertiary alicyclic amines) is 1. The van der Waals surface area contributed by atoms with Gasteiger partial charge in [0.05, 0.1) is 18.8 Å². The highest BCUT2D eigenvalue weighted by molar-refractivity contribution is 7.11. The number of aromatic nitrogens is 4. The molecule has 0 radical (unpaired) electrons. The van der Waals surface area contributed by atoms with Crippen molar-refractivity contribution in [1.82, 2.24) is 24.9 Å². The Bertz CT molecular complexity index is 801. The molecule has 1 saturated heterocycles. The second kappa shape index (κ2) is 5.74. The third-order valence-corrected chi connectivity index (χ3v) is 6.19. The Balaban J connectivity index is 1.16. The first kappa shape index (κ1) is 14.7. The van der Waals surface area contributed by atoms with Crippen molar-refractivity contribution in [1.29, 1.82) is 0 Å². The molecule has 0 bridgehead atoms. The van der Waals surface area contributed by atoms with Crippen LogP contribution in [0.15, 0.2) is 16.9 Å². The molecule has 0 N–H and O–H groups in total. The molecule has 0 amide bonds. The summed E-state index contributed by atoms with van der Waals surface area (Å²) >= 11 is 1.77. The van der Waals surface area contributed by atoms with Crippen molar-refractivity contribution in [2.45, 2.75) is 50.6 Å². The third-order valence-electron chi connectivity index (χ3n) is 5.11. The van der Waals surface area contributed by atoms with Crippen LogP contribution in [0.3, 0.4) is 0 Å². The summed E-state index contributed by atoms with van der Waals surface area (Å²) in [4.78, 5) is 14.4. The van der Waals surface area contributed by atoms with Crippen LogP contribution < -0.4 is 5.56 Å². The maximum Gasteiger partial charge on any atom is 0.266 e. The van der Waals surface area contributed by atoms with Crippen LogP contribution in [0, 0.1) is 5.92 Å². The fraction of sp³-hybridized carbons (Fsp3) is 0.647. The van der Waals surface area contributed by atoms with E-state index in [1.807, 2.05) is 6.07 Å². The van der Waals surface area contributed by atoms with Crippen LogP contribution in [0.4, 0.5) is 0 Å². The fourth-order valence-electron chi connectivity index (χ4n) is 3.38. The quantitative estimate of drug-likeness (QED) is 0.802. The van der Waals surface area contributed by atoms with Crippen molar-refractivity contribution >= 4 is 11.3 Å². The molecule has 0 spiro atoms. The molecule has 1 aliphatic heterocycles. The van der Waals surface area contributed by atoms with Gasteiger partial charge in [-0.05, 0) is 31.7 Å². The maximum atomic E-state index is 12.0. The van der Waals surface area contributed by atoms with Gasteiger partial charge in [-0.2, -0.15) is 5.10 Å². The predicted octanol–water partition coefficient (Wildman–Crippen LogP) is 1.98. The number of rotatable bonds is 6. The van der Waals surface area contributed by atoms with E-state index in [9.17, 15) is 4.79 Å². The molecule has 2 aromatic rings. The van der Waals surface area contributed by atoms with Gasteiger partial charge in [0.15, 0.2) is 0 Å². The standard InChI is InChI=1S/C17H21N5OS/c23-16-6-5-14(12-1-2-12)20-22(16)9-11-7-21(8-11)10-15-18-19-17(24-15)13-3-4-13/h5-6,11-13H,1-4,7-10H2. The van der Waals surface area contributed by atoms with E-state index < -0.39 is 0 Å². The Morgan fingerprint density at radius 3 is 2.62 bits per heavy atom. The Hall–Kier alpha value is -1.60. The number of nitrogens with zero attached hydrogens (tertiary/aromatic N) is 5. The monoisotopic (exact) mass is 343 g/mol. The molecule has 2 saturated carbocycles. The lowest BCUT2D eigenvalue weighted by molar-refractivity contribution is 0.0762. The highest BCUT2D eigenvalue weighted by Gasteiger charge is 2.31. The van der Waals surface area contributed by atoms with E-state index >= 15 is 0 Å². The van der Waals surface area contributed by atoms with Crippen LogP contribution in [-0.4, -0.2) is 38.0 Å². The van der Waals surface area contributed by atoms with Gasteiger partial charge in [-0.15, -0.1) is 10.2 Å². The summed E-state index contributed by atoms with van der Waals surface area (Å²) in [7, 11) is 0. The zero-order chi connectivity index (χ0) is 16.1. The normalized spacial score (nSPS) is 21.8. The summed E-state index contributed by atoms with van der Waals surface area (Å²) in [6.45, 7) is 3.66. The van der Waals surface area contributed by atoms with Gasteiger partial charge in [0.1, 0.15) is 10.0 Å². The second-order valence-corrected chi connectivity index (χ2v) is 8.51. The van der Waals surface area contributed by atoms with E-state index in [-0.39, 0.29) is 5.56 Å². The van der Waals surface area contributed by atoms with Crippen LogP contribution >= 0.6 is 11.3 Å². The van der Waals surface area contributed by atoms with Gasteiger partial charge in [-0.3, -0.25) is 9.69 Å². The lowest BCUT2D eigenvalue weighted by Crippen LogP contribution is -2.48. The molecule has 6 nitrogen and oxygen atoms in total.